The van der Waals surface area contributed by atoms with Gasteiger partial charge in [0.25, 0.3) is 11.6 Å². The van der Waals surface area contributed by atoms with E-state index in [1.807, 2.05) is 4.90 Å². The van der Waals surface area contributed by atoms with Crippen LogP contribution >= 0.6 is 15.9 Å². The molecular weight excluding hydrogens is 405 g/mol. The van der Waals surface area contributed by atoms with Crippen LogP contribution in [0.4, 0.5) is 21.5 Å². The van der Waals surface area contributed by atoms with Crippen LogP contribution in [-0.4, -0.2) is 23.9 Å². The molecule has 1 aliphatic heterocycles. The third-order valence-electron chi connectivity index (χ3n) is 4.31. The highest BCUT2D eigenvalue weighted by Gasteiger charge is 2.23. The van der Waals surface area contributed by atoms with Crippen molar-refractivity contribution in [2.75, 3.05) is 23.3 Å². The molecule has 136 valence electrons. The molecule has 0 aliphatic carbocycles. The van der Waals surface area contributed by atoms with Gasteiger partial charge < -0.3 is 10.2 Å². The number of carbonyl (C=O) groups is 1. The summed E-state index contributed by atoms with van der Waals surface area (Å²) in [7, 11) is 0. The Morgan fingerprint density at radius 2 is 1.88 bits per heavy atom. The predicted octanol–water partition coefficient (Wildman–Crippen LogP) is 4.74. The molecule has 0 atom stereocenters. The van der Waals surface area contributed by atoms with E-state index in [0.717, 1.165) is 32.4 Å². The lowest BCUT2D eigenvalue weighted by molar-refractivity contribution is -0.384. The predicted molar refractivity (Wildman–Crippen MR) is 101 cm³/mol. The number of halogens is 2. The third kappa shape index (κ3) is 4.01. The van der Waals surface area contributed by atoms with Crippen LogP contribution in [0.15, 0.2) is 40.9 Å². The summed E-state index contributed by atoms with van der Waals surface area (Å²) in [5.74, 6) is -1.19. The van der Waals surface area contributed by atoms with Gasteiger partial charge in [0.1, 0.15) is 11.5 Å². The standard InChI is InChI=1S/C18H17BrFN3O3/c19-13-5-6-15(14(20)11-13)21-18(24)12-4-7-16(17(10-12)23(25)26)22-8-2-1-3-9-22/h4-7,10-11H,1-3,8-9H2,(H,21,24). The smallest absolute Gasteiger partial charge is 0.293 e. The Morgan fingerprint density at radius 1 is 1.15 bits per heavy atom. The lowest BCUT2D eigenvalue weighted by atomic mass is 10.1. The van der Waals surface area contributed by atoms with E-state index >= 15 is 0 Å². The van der Waals surface area contributed by atoms with Crippen molar-refractivity contribution in [3.63, 3.8) is 0 Å². The summed E-state index contributed by atoms with van der Waals surface area (Å²) >= 11 is 3.15. The summed E-state index contributed by atoms with van der Waals surface area (Å²) in [6.45, 7) is 1.52. The maximum Gasteiger partial charge on any atom is 0.293 e. The summed E-state index contributed by atoms with van der Waals surface area (Å²) in [4.78, 5) is 25.3. The Kier molecular flexibility index (Phi) is 5.51. The molecule has 1 N–H and O–H groups in total. The average Bonchev–Trinajstić information content (AvgIpc) is 2.64. The van der Waals surface area contributed by atoms with Crippen LogP contribution in [0.5, 0.6) is 0 Å². The minimum absolute atomic E-state index is 0.0148. The van der Waals surface area contributed by atoms with Gasteiger partial charge in [-0.15, -0.1) is 0 Å². The quantitative estimate of drug-likeness (QED) is 0.571. The normalized spacial score (nSPS) is 14.2. The van der Waals surface area contributed by atoms with Gasteiger partial charge in [0.2, 0.25) is 0 Å². The van der Waals surface area contributed by atoms with Crippen LogP contribution in [0.1, 0.15) is 29.6 Å². The van der Waals surface area contributed by atoms with Gasteiger partial charge in [-0.3, -0.25) is 14.9 Å². The van der Waals surface area contributed by atoms with Gasteiger partial charge in [0.05, 0.1) is 10.6 Å². The highest BCUT2D eigenvalue weighted by Crippen LogP contribution is 2.31. The third-order valence-corrected chi connectivity index (χ3v) is 4.80. The highest BCUT2D eigenvalue weighted by atomic mass is 79.9. The first-order chi connectivity index (χ1) is 12.5. The number of nitrogens with zero attached hydrogens (tertiary/aromatic N) is 2. The summed E-state index contributed by atoms with van der Waals surface area (Å²) in [5.41, 5.74) is 0.526. The van der Waals surface area contributed by atoms with Crippen LogP contribution < -0.4 is 10.2 Å². The fourth-order valence-electron chi connectivity index (χ4n) is 3.00. The van der Waals surface area contributed by atoms with Gasteiger partial charge in [-0.25, -0.2) is 4.39 Å². The number of carbonyl (C=O) groups excluding carboxylic acids is 1. The molecule has 0 radical (unpaired) electrons. The molecule has 1 saturated heterocycles. The van der Waals surface area contributed by atoms with Crippen molar-refractivity contribution in [1.82, 2.24) is 0 Å². The topological polar surface area (TPSA) is 75.5 Å². The molecule has 2 aromatic rings. The summed E-state index contributed by atoms with van der Waals surface area (Å²) in [5, 5.41) is 13.9. The number of nitro benzene ring substituents is 1. The molecule has 6 nitrogen and oxygen atoms in total. The number of rotatable bonds is 4. The zero-order chi connectivity index (χ0) is 18.7. The first kappa shape index (κ1) is 18.3. The number of hydrogen-bond donors (Lipinski definition) is 1. The lowest BCUT2D eigenvalue weighted by Crippen LogP contribution is -2.30. The Balaban J connectivity index is 1.86. The Bertz CT molecular complexity index is 854. The van der Waals surface area contributed by atoms with E-state index < -0.39 is 16.6 Å². The first-order valence-electron chi connectivity index (χ1n) is 8.25. The molecule has 1 amide bonds. The summed E-state index contributed by atoms with van der Waals surface area (Å²) in [6.07, 6.45) is 3.09. The minimum Gasteiger partial charge on any atom is -0.366 e. The maximum atomic E-state index is 13.9. The average molecular weight is 422 g/mol. The van der Waals surface area contributed by atoms with Crippen molar-refractivity contribution in [2.45, 2.75) is 19.3 Å². The van der Waals surface area contributed by atoms with Crippen LogP contribution in [0.3, 0.4) is 0 Å². The van der Waals surface area contributed by atoms with E-state index in [1.165, 1.54) is 24.3 Å². The van der Waals surface area contributed by atoms with Crippen molar-refractivity contribution in [3.05, 3.63) is 62.4 Å². The SMILES string of the molecule is O=C(Nc1ccc(Br)cc1F)c1ccc(N2CCCCC2)c([N+](=O)[O-])c1. The number of anilines is 2. The van der Waals surface area contributed by atoms with Crippen LogP contribution in [-0.2, 0) is 0 Å². The molecule has 1 fully saturated rings. The molecule has 1 aliphatic rings. The zero-order valence-corrected chi connectivity index (χ0v) is 15.5. The van der Waals surface area contributed by atoms with Crippen molar-refractivity contribution in [1.29, 1.82) is 0 Å². The molecule has 1 heterocycles. The Labute approximate surface area is 158 Å². The molecule has 8 heteroatoms. The Morgan fingerprint density at radius 3 is 2.54 bits per heavy atom. The number of amides is 1. The number of nitrogens with one attached hydrogen (secondary N) is 1. The molecular formula is C18H17BrFN3O3. The van der Waals surface area contributed by atoms with Gasteiger partial charge in [-0.1, -0.05) is 15.9 Å². The van der Waals surface area contributed by atoms with Crippen LogP contribution in [0, 0.1) is 15.9 Å². The molecule has 3 rings (SSSR count). The van der Waals surface area contributed by atoms with Crippen molar-refractivity contribution in [3.8, 4) is 0 Å². The van der Waals surface area contributed by atoms with Gasteiger partial charge in [0, 0.05) is 29.2 Å². The number of nitro groups is 1. The van der Waals surface area contributed by atoms with Gasteiger partial charge in [0.15, 0.2) is 0 Å². The second-order valence-corrected chi connectivity index (χ2v) is 7.00. The van der Waals surface area contributed by atoms with Gasteiger partial charge in [-0.05, 0) is 49.6 Å². The molecule has 0 spiro atoms. The van der Waals surface area contributed by atoms with Gasteiger partial charge in [-0.2, -0.15) is 0 Å². The maximum absolute atomic E-state index is 13.9. The second kappa shape index (κ2) is 7.82. The van der Waals surface area contributed by atoms with Crippen LogP contribution in [0.25, 0.3) is 0 Å². The first-order valence-corrected chi connectivity index (χ1v) is 9.05. The van der Waals surface area contributed by atoms with Crippen molar-refractivity contribution >= 4 is 38.9 Å². The highest BCUT2D eigenvalue weighted by molar-refractivity contribution is 9.10. The Hall–Kier alpha value is -2.48. The van der Waals surface area contributed by atoms with E-state index in [-0.39, 0.29) is 16.9 Å². The fourth-order valence-corrected chi connectivity index (χ4v) is 3.33. The van der Waals surface area contributed by atoms with E-state index in [1.54, 1.807) is 12.1 Å². The van der Waals surface area contributed by atoms with E-state index in [9.17, 15) is 19.3 Å². The molecule has 0 bridgehead atoms. The number of hydrogen-bond acceptors (Lipinski definition) is 4. The molecule has 2 aromatic carbocycles. The summed E-state index contributed by atoms with van der Waals surface area (Å²) in [6, 6.07) is 8.63. The van der Waals surface area contributed by atoms with E-state index in [0.29, 0.717) is 10.2 Å². The van der Waals surface area contributed by atoms with Gasteiger partial charge >= 0.3 is 0 Å². The van der Waals surface area contributed by atoms with Crippen LogP contribution in [0.2, 0.25) is 0 Å². The monoisotopic (exact) mass is 421 g/mol. The molecule has 26 heavy (non-hydrogen) atoms. The summed E-state index contributed by atoms with van der Waals surface area (Å²) < 4.78 is 14.4. The lowest BCUT2D eigenvalue weighted by Gasteiger charge is -2.28. The van der Waals surface area contributed by atoms with Crippen molar-refractivity contribution < 1.29 is 14.1 Å². The number of benzene rings is 2. The van der Waals surface area contributed by atoms with E-state index in [4.69, 9.17) is 0 Å². The fraction of sp³-hybridized carbons (Fsp3) is 0.278. The molecule has 0 unspecified atom stereocenters. The minimum atomic E-state index is -0.598. The molecule has 0 aromatic heterocycles. The number of piperidine rings is 1. The zero-order valence-electron chi connectivity index (χ0n) is 13.9. The molecule has 0 saturated carbocycles. The largest absolute Gasteiger partial charge is 0.366 e. The van der Waals surface area contributed by atoms with E-state index in [2.05, 4.69) is 21.2 Å². The second-order valence-electron chi connectivity index (χ2n) is 6.09. The van der Waals surface area contributed by atoms with Crippen molar-refractivity contribution in [2.24, 2.45) is 0 Å².